The lowest BCUT2D eigenvalue weighted by Gasteiger charge is -2.24. The normalized spacial score (nSPS) is 12.5. The number of aromatic nitrogens is 1. The number of benzene rings is 2. The molecule has 10 heteroatoms. The molecule has 3 N–H and O–H groups in total. The second-order valence-corrected chi connectivity index (χ2v) is 8.60. The van der Waals surface area contributed by atoms with E-state index in [1.165, 1.54) is 50.6 Å². The minimum absolute atomic E-state index is 0.00304. The van der Waals surface area contributed by atoms with E-state index in [2.05, 4.69) is 4.98 Å². The van der Waals surface area contributed by atoms with Crippen LogP contribution in [0.2, 0.25) is 5.02 Å². The minimum Gasteiger partial charge on any atom is -0.494 e. The number of amides is 1. The summed E-state index contributed by atoms with van der Waals surface area (Å²) in [6, 6.07) is 11.9. The number of nitrogens with zero attached hydrogens (tertiary/aromatic N) is 1. The van der Waals surface area contributed by atoms with Crippen LogP contribution in [0.3, 0.4) is 0 Å². The van der Waals surface area contributed by atoms with Gasteiger partial charge in [0.25, 0.3) is 5.91 Å². The molecule has 0 saturated heterocycles. The van der Waals surface area contributed by atoms with E-state index < -0.39 is 17.3 Å². The first kappa shape index (κ1) is 26.9. The topological polar surface area (TPSA) is 121 Å². The van der Waals surface area contributed by atoms with Gasteiger partial charge in [-0.25, -0.2) is 9.37 Å². The predicted octanol–water partition coefficient (Wildman–Crippen LogP) is 4.29. The van der Waals surface area contributed by atoms with E-state index in [9.17, 15) is 19.1 Å². The Hall–Kier alpha value is -3.69. The lowest BCUT2D eigenvalue weighted by Crippen LogP contribution is -2.24. The first-order valence-corrected chi connectivity index (χ1v) is 11.3. The van der Waals surface area contributed by atoms with Crippen LogP contribution in [-0.2, 0) is 10.4 Å². The molecule has 3 aromatic rings. The maximum Gasteiger partial charge on any atom is 0.255 e. The predicted molar refractivity (Wildman–Crippen MR) is 132 cm³/mol. The molecule has 0 aliphatic heterocycles. The van der Waals surface area contributed by atoms with Crippen LogP contribution in [0.1, 0.15) is 35.8 Å². The zero-order chi connectivity index (χ0) is 26.5. The Morgan fingerprint density at radius 2 is 1.75 bits per heavy atom. The van der Waals surface area contributed by atoms with Crippen molar-refractivity contribution in [3.8, 4) is 28.5 Å². The summed E-state index contributed by atoms with van der Waals surface area (Å²) in [4.78, 5) is 28.3. The molecule has 0 radical (unpaired) electrons. The van der Waals surface area contributed by atoms with Crippen molar-refractivity contribution in [2.75, 3.05) is 20.8 Å². The van der Waals surface area contributed by atoms with Gasteiger partial charge < -0.3 is 25.1 Å². The van der Waals surface area contributed by atoms with Crippen LogP contribution in [0.4, 0.5) is 4.39 Å². The highest BCUT2D eigenvalue weighted by Crippen LogP contribution is 2.35. The summed E-state index contributed by atoms with van der Waals surface area (Å²) in [5, 5.41) is 11.1. The zero-order valence-corrected chi connectivity index (χ0v) is 20.8. The second-order valence-electron chi connectivity index (χ2n) is 8.19. The van der Waals surface area contributed by atoms with Gasteiger partial charge >= 0.3 is 0 Å². The Labute approximate surface area is 212 Å². The number of aliphatic hydroxyl groups is 1. The van der Waals surface area contributed by atoms with Gasteiger partial charge in [-0.1, -0.05) is 11.6 Å². The third kappa shape index (κ3) is 6.30. The largest absolute Gasteiger partial charge is 0.494 e. The number of ether oxygens (including phenoxy) is 3. The SMILES string of the molecule is COc1cc(C(=O)CCC(C)(O)c2ccc(OC)c(-c3ccc(F)c(Cl)c3)n2)ccc1OCC(N)=O. The van der Waals surface area contributed by atoms with E-state index >= 15 is 0 Å². The third-order valence-corrected chi connectivity index (χ3v) is 5.81. The highest BCUT2D eigenvalue weighted by Gasteiger charge is 2.28. The molecule has 3 rings (SSSR count). The number of carbonyl (C=O) groups is 2. The van der Waals surface area contributed by atoms with Crippen LogP contribution in [-0.4, -0.2) is 42.6 Å². The Bertz CT molecular complexity index is 1280. The van der Waals surface area contributed by atoms with Gasteiger partial charge in [0.2, 0.25) is 0 Å². The summed E-state index contributed by atoms with van der Waals surface area (Å²) in [5.74, 6) is -0.487. The number of primary amides is 1. The molecule has 190 valence electrons. The third-order valence-electron chi connectivity index (χ3n) is 5.52. The lowest BCUT2D eigenvalue weighted by atomic mass is 9.92. The molecule has 2 aromatic carbocycles. The first-order chi connectivity index (χ1) is 17.1. The summed E-state index contributed by atoms with van der Waals surface area (Å²) in [7, 11) is 2.88. The fraction of sp³-hybridized carbons (Fsp3) is 0.269. The van der Waals surface area contributed by atoms with E-state index in [0.717, 1.165) is 0 Å². The Balaban J connectivity index is 1.79. The molecule has 8 nitrogen and oxygen atoms in total. The number of ketones is 1. The molecule has 0 fully saturated rings. The number of hydrogen-bond donors (Lipinski definition) is 2. The van der Waals surface area contributed by atoms with Gasteiger partial charge in [0.05, 0.1) is 24.9 Å². The Kier molecular flexibility index (Phi) is 8.49. The van der Waals surface area contributed by atoms with Gasteiger partial charge in [-0.3, -0.25) is 9.59 Å². The minimum atomic E-state index is -1.46. The van der Waals surface area contributed by atoms with Crippen molar-refractivity contribution < 1.29 is 33.3 Å². The van der Waals surface area contributed by atoms with Crippen molar-refractivity contribution in [1.29, 1.82) is 0 Å². The quantitative estimate of drug-likeness (QED) is 0.364. The van der Waals surface area contributed by atoms with Crippen molar-refractivity contribution >= 4 is 23.3 Å². The lowest BCUT2D eigenvalue weighted by molar-refractivity contribution is -0.119. The number of Topliss-reactive ketones (excluding diaryl/α,β-unsaturated/α-hetero) is 1. The Morgan fingerprint density at radius 3 is 2.39 bits per heavy atom. The van der Waals surface area contributed by atoms with E-state index in [4.69, 9.17) is 31.5 Å². The standard InChI is InChI=1S/C26H26ClFN2O6/c1-26(33,11-10-19(31)15-5-7-20(22(13-15)35-3)36-14-24(29)32)23-9-8-21(34-2)25(30-23)16-4-6-18(28)17(27)12-16/h4-9,12-13,33H,10-11,14H2,1-3H3,(H2,29,32). The summed E-state index contributed by atoms with van der Waals surface area (Å²) < 4.78 is 29.5. The number of nitrogens with two attached hydrogens (primary N) is 1. The number of pyridine rings is 1. The van der Waals surface area contributed by atoms with E-state index in [-0.39, 0.29) is 41.8 Å². The molecule has 1 heterocycles. The molecule has 1 amide bonds. The molecule has 1 unspecified atom stereocenters. The molecular formula is C26H26ClFN2O6. The van der Waals surface area contributed by atoms with E-state index in [1.807, 2.05) is 0 Å². The van der Waals surface area contributed by atoms with E-state index in [1.54, 1.807) is 19.1 Å². The van der Waals surface area contributed by atoms with E-state index in [0.29, 0.717) is 28.3 Å². The van der Waals surface area contributed by atoms with Gasteiger partial charge in [0.15, 0.2) is 23.9 Å². The number of hydrogen-bond acceptors (Lipinski definition) is 7. The van der Waals surface area contributed by atoms with Crippen LogP contribution in [0, 0.1) is 5.82 Å². The van der Waals surface area contributed by atoms with Gasteiger partial charge in [-0.15, -0.1) is 0 Å². The summed E-state index contributed by atoms with van der Waals surface area (Å²) in [5.41, 5.74) is 5.17. The van der Waals surface area contributed by atoms with Crippen LogP contribution in [0.5, 0.6) is 17.2 Å². The first-order valence-electron chi connectivity index (χ1n) is 10.9. The fourth-order valence-electron chi connectivity index (χ4n) is 3.50. The zero-order valence-electron chi connectivity index (χ0n) is 20.0. The molecule has 0 aliphatic rings. The molecule has 1 atom stereocenters. The van der Waals surface area contributed by atoms with Crippen LogP contribution < -0.4 is 19.9 Å². The number of carbonyl (C=O) groups excluding carboxylic acids is 2. The molecule has 0 saturated carbocycles. The monoisotopic (exact) mass is 516 g/mol. The molecule has 1 aromatic heterocycles. The highest BCUT2D eigenvalue weighted by atomic mass is 35.5. The van der Waals surface area contributed by atoms with Crippen molar-refractivity contribution in [3.05, 3.63) is 70.6 Å². The summed E-state index contributed by atoms with van der Waals surface area (Å²) in [6.07, 6.45) is 0.0695. The van der Waals surface area contributed by atoms with Gasteiger partial charge in [0, 0.05) is 17.5 Å². The average Bonchev–Trinajstić information content (AvgIpc) is 2.87. The van der Waals surface area contributed by atoms with Gasteiger partial charge in [-0.2, -0.15) is 0 Å². The van der Waals surface area contributed by atoms with Crippen molar-refractivity contribution in [2.24, 2.45) is 5.73 Å². The average molecular weight is 517 g/mol. The Morgan fingerprint density at radius 1 is 1.06 bits per heavy atom. The molecule has 36 heavy (non-hydrogen) atoms. The van der Waals surface area contributed by atoms with Gasteiger partial charge in [-0.05, 0) is 61.9 Å². The molecule has 0 spiro atoms. The van der Waals surface area contributed by atoms with Crippen LogP contribution in [0.25, 0.3) is 11.3 Å². The number of halogens is 2. The highest BCUT2D eigenvalue weighted by molar-refractivity contribution is 6.31. The maximum atomic E-state index is 13.6. The summed E-state index contributed by atoms with van der Waals surface area (Å²) in [6.45, 7) is 1.23. The summed E-state index contributed by atoms with van der Waals surface area (Å²) >= 11 is 5.93. The van der Waals surface area contributed by atoms with Crippen molar-refractivity contribution in [3.63, 3.8) is 0 Å². The van der Waals surface area contributed by atoms with Crippen molar-refractivity contribution in [2.45, 2.75) is 25.4 Å². The molecule has 0 aliphatic carbocycles. The smallest absolute Gasteiger partial charge is 0.255 e. The van der Waals surface area contributed by atoms with Crippen LogP contribution in [0.15, 0.2) is 48.5 Å². The number of rotatable bonds is 11. The van der Waals surface area contributed by atoms with Crippen molar-refractivity contribution in [1.82, 2.24) is 4.98 Å². The molecule has 0 bridgehead atoms. The second kappa shape index (κ2) is 11.4. The van der Waals surface area contributed by atoms with Gasteiger partial charge in [0.1, 0.15) is 22.9 Å². The molecular weight excluding hydrogens is 491 g/mol. The number of methoxy groups -OCH3 is 2. The maximum absolute atomic E-state index is 13.6. The van der Waals surface area contributed by atoms with Crippen LogP contribution >= 0.6 is 11.6 Å². The fourth-order valence-corrected chi connectivity index (χ4v) is 3.68.